The van der Waals surface area contributed by atoms with Crippen molar-refractivity contribution < 1.29 is 24.5 Å². The summed E-state index contributed by atoms with van der Waals surface area (Å²) < 4.78 is 6.10. The third kappa shape index (κ3) is 6.59. The quantitative estimate of drug-likeness (QED) is 0.522. The van der Waals surface area contributed by atoms with Gasteiger partial charge in [-0.2, -0.15) is 0 Å². The van der Waals surface area contributed by atoms with E-state index in [4.69, 9.17) is 4.74 Å². The number of fused-ring (bicyclic) bond motifs is 1. The molecule has 0 aromatic carbocycles. The highest BCUT2D eigenvalue weighted by molar-refractivity contribution is 7.09. The number of aliphatic hydroxyl groups is 2. The minimum atomic E-state index is -1.17. The number of epoxide rings is 1. The van der Waals surface area contributed by atoms with Gasteiger partial charge >= 0.3 is 0 Å². The highest BCUT2D eigenvalue weighted by atomic mass is 32.1. The van der Waals surface area contributed by atoms with Crippen LogP contribution in [0.4, 0.5) is 0 Å². The number of hydrogen-bond donors (Lipinski definition) is 3. The summed E-state index contributed by atoms with van der Waals surface area (Å²) in [6.07, 6.45) is 2.99. The molecule has 2 unspecified atom stereocenters. The maximum absolute atomic E-state index is 13.2. The first-order chi connectivity index (χ1) is 16.2. The lowest BCUT2D eigenvalue weighted by atomic mass is 9.72. The number of ether oxygens (including phenoxy) is 1. The van der Waals surface area contributed by atoms with Gasteiger partial charge in [-0.15, -0.1) is 11.3 Å². The lowest BCUT2D eigenvalue weighted by Crippen LogP contribution is -2.47. The maximum Gasteiger partial charge on any atom is 0.223 e. The number of aromatic nitrogens is 1. The zero-order valence-corrected chi connectivity index (χ0v) is 22.9. The van der Waals surface area contributed by atoms with Crippen molar-refractivity contribution in [3.8, 4) is 0 Å². The average Bonchev–Trinajstić information content (AvgIpc) is 3.22. The van der Waals surface area contributed by atoms with Crippen molar-refractivity contribution in [2.45, 2.75) is 111 Å². The molecule has 0 saturated carbocycles. The van der Waals surface area contributed by atoms with Gasteiger partial charge in [0.15, 0.2) is 0 Å². The van der Waals surface area contributed by atoms with Gasteiger partial charge in [-0.1, -0.05) is 34.1 Å². The Balaban J connectivity index is 1.85. The van der Waals surface area contributed by atoms with Gasteiger partial charge in [0.25, 0.3) is 0 Å². The number of rotatable bonds is 2. The Kier molecular flexibility index (Phi) is 8.62. The first-order valence-electron chi connectivity index (χ1n) is 12.7. The van der Waals surface area contributed by atoms with E-state index >= 15 is 0 Å². The lowest BCUT2D eigenvalue weighted by molar-refractivity contribution is -0.143. The number of nitrogens with zero attached hydrogens (tertiary/aromatic N) is 1. The topological polar surface area (TPSA) is 112 Å². The van der Waals surface area contributed by atoms with Crippen molar-refractivity contribution in [2.24, 2.45) is 17.3 Å². The van der Waals surface area contributed by atoms with Crippen molar-refractivity contribution in [2.75, 3.05) is 0 Å². The Labute approximate surface area is 213 Å². The van der Waals surface area contributed by atoms with Crippen molar-refractivity contribution in [1.29, 1.82) is 0 Å². The van der Waals surface area contributed by atoms with Crippen molar-refractivity contribution >= 4 is 29.1 Å². The van der Waals surface area contributed by atoms with Crippen LogP contribution < -0.4 is 5.32 Å². The summed E-state index contributed by atoms with van der Waals surface area (Å²) in [5, 5.41) is 27.8. The van der Waals surface area contributed by atoms with Gasteiger partial charge in [0.05, 0.1) is 52.5 Å². The Morgan fingerprint density at radius 3 is 2.57 bits per heavy atom. The molecule has 0 aliphatic carbocycles. The van der Waals surface area contributed by atoms with Crippen LogP contribution in [0.3, 0.4) is 0 Å². The number of aliphatic hydroxyl groups excluding tert-OH is 2. The average molecular weight is 507 g/mol. The summed E-state index contributed by atoms with van der Waals surface area (Å²) in [7, 11) is 0. The molecule has 1 aromatic heterocycles. The Bertz CT molecular complexity index is 957. The summed E-state index contributed by atoms with van der Waals surface area (Å²) >= 11 is 1.58. The summed E-state index contributed by atoms with van der Waals surface area (Å²) in [4.78, 5) is 30.8. The Morgan fingerprint density at radius 1 is 1.26 bits per heavy atom. The summed E-state index contributed by atoms with van der Waals surface area (Å²) in [5.41, 5.74) is 0.410. The Morgan fingerprint density at radius 2 is 1.94 bits per heavy atom. The van der Waals surface area contributed by atoms with Gasteiger partial charge in [0, 0.05) is 17.7 Å². The first-order valence-corrected chi connectivity index (χ1v) is 13.6. The predicted molar refractivity (Wildman–Crippen MR) is 138 cm³/mol. The minimum absolute atomic E-state index is 0.0170. The van der Waals surface area contributed by atoms with E-state index < -0.39 is 23.5 Å². The van der Waals surface area contributed by atoms with Crippen molar-refractivity contribution in [1.82, 2.24) is 10.3 Å². The van der Waals surface area contributed by atoms with E-state index in [2.05, 4.69) is 17.2 Å². The molecule has 1 amide bonds. The molecule has 2 aliphatic heterocycles. The number of carbonyl (C=O) groups excluding carboxylic acids is 2. The molecule has 2 aliphatic rings. The summed E-state index contributed by atoms with van der Waals surface area (Å²) in [6.45, 7) is 13.0. The predicted octanol–water partition coefficient (Wildman–Crippen LogP) is 4.05. The van der Waals surface area contributed by atoms with E-state index in [1.54, 1.807) is 32.1 Å². The van der Waals surface area contributed by atoms with Gasteiger partial charge in [-0.25, -0.2) is 4.98 Å². The van der Waals surface area contributed by atoms with Crippen LogP contribution in [0.25, 0.3) is 6.08 Å². The van der Waals surface area contributed by atoms with E-state index in [0.717, 1.165) is 35.5 Å². The second-order valence-electron chi connectivity index (χ2n) is 11.4. The smallest absolute Gasteiger partial charge is 0.223 e. The second-order valence-corrected chi connectivity index (χ2v) is 12.5. The number of hydrogen-bond acceptors (Lipinski definition) is 7. The molecule has 0 radical (unpaired) electrons. The Hall–Kier alpha value is -1.61. The van der Waals surface area contributed by atoms with E-state index in [0.29, 0.717) is 6.42 Å². The van der Waals surface area contributed by atoms with Crippen LogP contribution in [0, 0.1) is 24.2 Å². The second kappa shape index (κ2) is 10.8. The highest BCUT2D eigenvalue weighted by Gasteiger charge is 2.52. The largest absolute Gasteiger partial charge is 0.392 e. The molecule has 2 saturated heterocycles. The molecule has 0 bridgehead atoms. The van der Waals surface area contributed by atoms with Crippen LogP contribution >= 0.6 is 11.3 Å². The summed E-state index contributed by atoms with van der Waals surface area (Å²) in [6, 6.07) is -0.269. The number of ketones is 1. The van der Waals surface area contributed by atoms with E-state index in [-0.39, 0.29) is 41.8 Å². The van der Waals surface area contributed by atoms with Gasteiger partial charge in [0.2, 0.25) is 5.91 Å². The molecule has 35 heavy (non-hydrogen) atoms. The van der Waals surface area contributed by atoms with Gasteiger partial charge < -0.3 is 20.3 Å². The number of carbonyl (C=O) groups is 2. The molecular formula is C27H42N2O5S. The van der Waals surface area contributed by atoms with Crippen molar-refractivity contribution in [3.05, 3.63) is 21.7 Å². The normalized spacial score (nSPS) is 37.5. The molecule has 7 atom stereocenters. The molecule has 3 heterocycles. The van der Waals surface area contributed by atoms with E-state index in [1.807, 2.05) is 32.2 Å². The molecule has 7 nitrogen and oxygen atoms in total. The van der Waals surface area contributed by atoms with Gasteiger partial charge in [-0.05, 0) is 51.2 Å². The zero-order valence-electron chi connectivity index (χ0n) is 22.1. The number of aryl methyl sites for hydroxylation is 1. The third-order valence-electron chi connectivity index (χ3n) is 8.07. The number of Topliss-reactive ketones (excluding diaryl/α,β-unsaturated/α-hetero) is 1. The monoisotopic (exact) mass is 506 g/mol. The van der Waals surface area contributed by atoms with Crippen LogP contribution in [0.5, 0.6) is 0 Å². The maximum atomic E-state index is 13.2. The van der Waals surface area contributed by atoms with Gasteiger partial charge in [0.1, 0.15) is 5.78 Å². The van der Waals surface area contributed by atoms with Crippen LogP contribution in [0.15, 0.2) is 11.0 Å². The van der Waals surface area contributed by atoms with Gasteiger partial charge in [-0.3, -0.25) is 9.59 Å². The SMILES string of the molecule is CC(=Cc1csc(C)n1)[C@@H]1C[C@@H]2O[C@]2(C)CCC[C@H](C)C(O)C(C)C(=O)C(C)(C)[C@@H](O)CC(=O)N1. The fourth-order valence-electron chi connectivity index (χ4n) is 5.19. The molecule has 0 spiro atoms. The van der Waals surface area contributed by atoms with E-state index in [1.165, 1.54) is 0 Å². The molecular weight excluding hydrogens is 464 g/mol. The van der Waals surface area contributed by atoms with Crippen LogP contribution in [-0.2, 0) is 14.3 Å². The van der Waals surface area contributed by atoms with Crippen LogP contribution in [0.2, 0.25) is 0 Å². The molecule has 2 fully saturated rings. The number of nitrogens with one attached hydrogen (secondary N) is 1. The van der Waals surface area contributed by atoms with Crippen molar-refractivity contribution in [3.63, 3.8) is 0 Å². The molecule has 1 aromatic rings. The molecule has 3 rings (SSSR count). The van der Waals surface area contributed by atoms with Crippen LogP contribution in [-0.4, -0.2) is 56.8 Å². The fraction of sp³-hybridized carbons (Fsp3) is 0.741. The minimum Gasteiger partial charge on any atom is -0.392 e. The third-order valence-corrected chi connectivity index (χ3v) is 8.86. The first kappa shape index (κ1) is 28.0. The highest BCUT2D eigenvalue weighted by Crippen LogP contribution is 2.44. The number of amides is 1. The summed E-state index contributed by atoms with van der Waals surface area (Å²) in [5.74, 6) is -1.24. The lowest BCUT2D eigenvalue weighted by Gasteiger charge is -2.34. The zero-order chi connectivity index (χ0) is 26.1. The molecule has 3 N–H and O–H groups in total. The fourth-order valence-corrected chi connectivity index (χ4v) is 5.76. The van der Waals surface area contributed by atoms with E-state index in [9.17, 15) is 19.8 Å². The molecule has 8 heteroatoms. The molecule has 196 valence electrons. The standard InChI is InChI=1S/C27H42N2O5S/c1-15-9-8-10-27(7)22(34-27)12-20(16(2)11-19-14-35-18(4)28-19)29-23(31)13-21(30)26(5,6)25(33)17(3)24(15)32/h11,14-15,17,20-22,24,30,32H,8-10,12-13H2,1-7H3,(H,29,31)/t15-,17?,20-,21-,22-,24?,27+/m0/s1. The van der Waals surface area contributed by atoms with Crippen LogP contribution in [0.1, 0.15) is 84.3 Å². The number of thiazole rings is 1.